The van der Waals surface area contributed by atoms with Crippen LogP contribution in [0.1, 0.15) is 28.8 Å². The molecule has 2 aromatic rings. The molecule has 3 rings (SSSR count). The van der Waals surface area contributed by atoms with E-state index in [0.29, 0.717) is 18.4 Å². The van der Waals surface area contributed by atoms with E-state index in [9.17, 15) is 9.59 Å². The van der Waals surface area contributed by atoms with Gasteiger partial charge in [-0.05, 0) is 23.6 Å². The van der Waals surface area contributed by atoms with Crippen molar-refractivity contribution in [1.29, 1.82) is 0 Å². The molecule has 0 heterocycles. The highest BCUT2D eigenvalue weighted by atomic mass is 16.1. The molecular weight excluding hydrogens is 260 g/mol. The second-order valence-electron chi connectivity index (χ2n) is 5.34. The molecule has 104 valence electrons. The Hall–Kier alpha value is -2.48. The van der Waals surface area contributed by atoms with Gasteiger partial charge < -0.3 is 0 Å². The second-order valence-corrected chi connectivity index (χ2v) is 5.34. The van der Waals surface area contributed by atoms with E-state index in [-0.39, 0.29) is 17.5 Å². The molecule has 1 atom stereocenters. The SMILES string of the molecule is O=C1C=C(c2ccccc2)C[C@H](C(=O)c2ccccc2)C1. The van der Waals surface area contributed by atoms with Crippen LogP contribution in [0, 0.1) is 5.92 Å². The fraction of sp³-hybridized carbons (Fsp3) is 0.158. The molecule has 0 saturated heterocycles. The molecule has 1 aliphatic carbocycles. The zero-order chi connectivity index (χ0) is 14.7. The molecule has 21 heavy (non-hydrogen) atoms. The first-order valence-electron chi connectivity index (χ1n) is 7.12. The molecular formula is C19H16O2. The maximum atomic E-state index is 12.5. The molecule has 0 amide bonds. The van der Waals surface area contributed by atoms with Crippen molar-refractivity contribution in [3.05, 3.63) is 77.9 Å². The van der Waals surface area contributed by atoms with Crippen molar-refractivity contribution in [3.8, 4) is 0 Å². The number of Topliss-reactive ketones (excluding diaryl/α,β-unsaturated/α-hetero) is 1. The molecule has 2 nitrogen and oxygen atoms in total. The van der Waals surface area contributed by atoms with Gasteiger partial charge in [-0.3, -0.25) is 9.59 Å². The Morgan fingerprint density at radius 1 is 0.857 bits per heavy atom. The van der Waals surface area contributed by atoms with Crippen LogP contribution in [-0.2, 0) is 4.79 Å². The number of hydrogen-bond donors (Lipinski definition) is 0. The summed E-state index contributed by atoms with van der Waals surface area (Å²) in [6.07, 6.45) is 2.62. The summed E-state index contributed by atoms with van der Waals surface area (Å²) in [5.41, 5.74) is 2.67. The van der Waals surface area contributed by atoms with Gasteiger partial charge in [0.2, 0.25) is 0 Å². The van der Waals surface area contributed by atoms with E-state index in [0.717, 1.165) is 11.1 Å². The monoisotopic (exact) mass is 276 g/mol. The molecule has 1 aliphatic rings. The van der Waals surface area contributed by atoms with Crippen LogP contribution in [-0.4, -0.2) is 11.6 Å². The highest BCUT2D eigenvalue weighted by Gasteiger charge is 2.27. The quantitative estimate of drug-likeness (QED) is 0.796. The van der Waals surface area contributed by atoms with Crippen molar-refractivity contribution < 1.29 is 9.59 Å². The second kappa shape index (κ2) is 5.88. The maximum absolute atomic E-state index is 12.5. The van der Waals surface area contributed by atoms with Gasteiger partial charge in [0.15, 0.2) is 11.6 Å². The largest absolute Gasteiger partial charge is 0.295 e. The number of benzene rings is 2. The van der Waals surface area contributed by atoms with Gasteiger partial charge in [-0.2, -0.15) is 0 Å². The smallest absolute Gasteiger partial charge is 0.166 e. The molecule has 0 aromatic heterocycles. The molecule has 0 fully saturated rings. The highest BCUT2D eigenvalue weighted by Crippen LogP contribution is 2.31. The summed E-state index contributed by atoms with van der Waals surface area (Å²) >= 11 is 0. The van der Waals surface area contributed by atoms with Crippen LogP contribution >= 0.6 is 0 Å². The first-order chi connectivity index (χ1) is 10.2. The van der Waals surface area contributed by atoms with E-state index < -0.39 is 0 Å². The summed E-state index contributed by atoms with van der Waals surface area (Å²) in [5, 5.41) is 0. The lowest BCUT2D eigenvalue weighted by Gasteiger charge is -2.21. The summed E-state index contributed by atoms with van der Waals surface area (Å²) < 4.78 is 0. The third-order valence-corrected chi connectivity index (χ3v) is 3.82. The predicted molar refractivity (Wildman–Crippen MR) is 82.9 cm³/mol. The summed E-state index contributed by atoms with van der Waals surface area (Å²) in [4.78, 5) is 24.5. The van der Waals surface area contributed by atoms with Crippen LogP contribution in [0.15, 0.2) is 66.7 Å². The van der Waals surface area contributed by atoms with Crippen LogP contribution < -0.4 is 0 Å². The molecule has 0 radical (unpaired) electrons. The maximum Gasteiger partial charge on any atom is 0.166 e. The topological polar surface area (TPSA) is 34.1 Å². The Kier molecular flexibility index (Phi) is 3.78. The lowest BCUT2D eigenvalue weighted by atomic mass is 9.81. The van der Waals surface area contributed by atoms with Gasteiger partial charge in [-0.1, -0.05) is 60.7 Å². The molecule has 0 N–H and O–H groups in total. The van der Waals surface area contributed by atoms with Gasteiger partial charge in [0.25, 0.3) is 0 Å². The predicted octanol–water partition coefficient (Wildman–Crippen LogP) is 3.93. The molecule has 0 bridgehead atoms. The van der Waals surface area contributed by atoms with Crippen molar-refractivity contribution in [2.24, 2.45) is 5.92 Å². The zero-order valence-corrected chi connectivity index (χ0v) is 11.7. The van der Waals surface area contributed by atoms with E-state index in [4.69, 9.17) is 0 Å². The molecule has 0 unspecified atom stereocenters. The minimum absolute atomic E-state index is 0.0365. The average Bonchev–Trinajstić information content (AvgIpc) is 2.55. The summed E-state index contributed by atoms with van der Waals surface area (Å²) in [5.74, 6) is -0.153. The average molecular weight is 276 g/mol. The number of hydrogen-bond acceptors (Lipinski definition) is 2. The van der Waals surface area contributed by atoms with E-state index in [1.54, 1.807) is 6.08 Å². The number of ketones is 2. The highest BCUT2D eigenvalue weighted by molar-refractivity contribution is 6.06. The van der Waals surface area contributed by atoms with Crippen molar-refractivity contribution in [2.75, 3.05) is 0 Å². The number of rotatable bonds is 3. The van der Waals surface area contributed by atoms with Gasteiger partial charge in [-0.25, -0.2) is 0 Å². The van der Waals surface area contributed by atoms with Gasteiger partial charge in [0.1, 0.15) is 0 Å². The first-order valence-corrected chi connectivity index (χ1v) is 7.12. The van der Waals surface area contributed by atoms with Crippen LogP contribution in [0.25, 0.3) is 5.57 Å². The first kappa shape index (κ1) is 13.5. The molecule has 0 saturated carbocycles. The van der Waals surface area contributed by atoms with Crippen molar-refractivity contribution >= 4 is 17.1 Å². The number of allylic oxidation sites excluding steroid dienone is 2. The summed E-state index contributed by atoms with van der Waals surface area (Å²) in [7, 11) is 0. The number of carbonyl (C=O) groups excluding carboxylic acids is 2. The molecule has 0 spiro atoms. The van der Waals surface area contributed by atoms with Gasteiger partial charge in [-0.15, -0.1) is 0 Å². The zero-order valence-electron chi connectivity index (χ0n) is 11.7. The molecule has 2 heteroatoms. The Balaban J connectivity index is 1.85. The van der Waals surface area contributed by atoms with Gasteiger partial charge in [0, 0.05) is 17.9 Å². The van der Waals surface area contributed by atoms with E-state index >= 15 is 0 Å². The van der Waals surface area contributed by atoms with E-state index in [2.05, 4.69) is 0 Å². The minimum atomic E-state index is -0.250. The van der Waals surface area contributed by atoms with Crippen LogP contribution in [0.3, 0.4) is 0 Å². The summed E-state index contributed by atoms with van der Waals surface area (Å²) in [6, 6.07) is 19.0. The van der Waals surface area contributed by atoms with Crippen LogP contribution in [0.2, 0.25) is 0 Å². The van der Waals surface area contributed by atoms with Crippen molar-refractivity contribution in [2.45, 2.75) is 12.8 Å². The van der Waals surface area contributed by atoms with Gasteiger partial charge >= 0.3 is 0 Å². The number of carbonyl (C=O) groups is 2. The standard InChI is InChI=1S/C19H16O2/c20-18-12-16(14-7-3-1-4-8-14)11-17(13-18)19(21)15-9-5-2-6-10-15/h1-10,12,17H,11,13H2/t17-/m0/s1. The van der Waals surface area contributed by atoms with Gasteiger partial charge in [0.05, 0.1) is 0 Å². The van der Waals surface area contributed by atoms with E-state index in [1.807, 2.05) is 60.7 Å². The van der Waals surface area contributed by atoms with Crippen molar-refractivity contribution in [1.82, 2.24) is 0 Å². The third kappa shape index (κ3) is 3.00. The van der Waals surface area contributed by atoms with Crippen molar-refractivity contribution in [3.63, 3.8) is 0 Å². The Morgan fingerprint density at radius 2 is 1.48 bits per heavy atom. The van der Waals surface area contributed by atoms with Crippen LogP contribution in [0.4, 0.5) is 0 Å². The molecule has 2 aromatic carbocycles. The fourth-order valence-electron chi connectivity index (χ4n) is 2.77. The Morgan fingerprint density at radius 3 is 2.14 bits per heavy atom. The third-order valence-electron chi connectivity index (χ3n) is 3.82. The Bertz CT molecular complexity index is 684. The lowest BCUT2D eigenvalue weighted by Crippen LogP contribution is -2.22. The Labute approximate surface area is 124 Å². The van der Waals surface area contributed by atoms with Crippen LogP contribution in [0.5, 0.6) is 0 Å². The summed E-state index contributed by atoms with van der Waals surface area (Å²) in [6.45, 7) is 0. The normalized spacial score (nSPS) is 18.2. The van der Waals surface area contributed by atoms with E-state index in [1.165, 1.54) is 0 Å². The fourth-order valence-corrected chi connectivity index (χ4v) is 2.77. The molecule has 0 aliphatic heterocycles. The lowest BCUT2D eigenvalue weighted by molar-refractivity contribution is -0.115. The minimum Gasteiger partial charge on any atom is -0.295 e.